The van der Waals surface area contributed by atoms with Crippen molar-refractivity contribution in [2.75, 3.05) is 7.05 Å². The van der Waals surface area contributed by atoms with E-state index >= 15 is 0 Å². The molecule has 0 aromatic heterocycles. The van der Waals surface area contributed by atoms with Crippen LogP contribution in [0.4, 0.5) is 0 Å². The molecule has 1 saturated heterocycles. The van der Waals surface area contributed by atoms with Crippen LogP contribution in [0, 0.1) is 41.4 Å². The van der Waals surface area contributed by atoms with Crippen LogP contribution in [0.1, 0.15) is 61.3 Å². The molecule has 166 valence electrons. The number of likely N-dealkylation sites (N-methyl/N-ethyl adjacent to an activating group) is 1. The first-order valence-corrected chi connectivity index (χ1v) is 11.6. The highest BCUT2D eigenvalue weighted by Gasteiger charge is 2.51. The lowest BCUT2D eigenvalue weighted by molar-refractivity contribution is -0.126. The number of rotatable bonds is 3. The van der Waals surface area contributed by atoms with Gasteiger partial charge < -0.3 is 10.0 Å². The third-order valence-corrected chi connectivity index (χ3v) is 7.96. The summed E-state index contributed by atoms with van der Waals surface area (Å²) in [7, 11) is 1.68. The topological polar surface area (TPSA) is 57.6 Å². The van der Waals surface area contributed by atoms with E-state index in [1.165, 1.54) is 16.0 Å². The van der Waals surface area contributed by atoms with E-state index in [0.717, 1.165) is 12.8 Å². The molecule has 1 N–H and O–H groups in total. The van der Waals surface area contributed by atoms with Gasteiger partial charge in [0.15, 0.2) is 5.78 Å². The number of carbonyl (C=O) groups is 2. The van der Waals surface area contributed by atoms with Gasteiger partial charge in [0, 0.05) is 18.9 Å². The molecule has 7 atom stereocenters. The molecule has 0 radical (unpaired) electrons. The highest BCUT2D eigenvalue weighted by molar-refractivity contribution is 6.26. The van der Waals surface area contributed by atoms with E-state index < -0.39 is 6.04 Å². The number of likely N-dealkylation sites (tertiary alicyclic amines) is 1. The highest BCUT2D eigenvalue weighted by atomic mass is 16.3. The van der Waals surface area contributed by atoms with Gasteiger partial charge in [0.1, 0.15) is 11.3 Å². The SMILES string of the molecule is C/C=C(\C)C1C(C)=CC2CC(C)CC(C)C2C1/C(O)=C1\C(=O)C(C(C)C)N(C)C1=O. The zero-order chi connectivity index (χ0) is 22.5. The van der Waals surface area contributed by atoms with Gasteiger partial charge in [0.25, 0.3) is 5.91 Å². The molecule has 0 bridgehead atoms. The number of ketones is 1. The Morgan fingerprint density at radius 3 is 2.40 bits per heavy atom. The van der Waals surface area contributed by atoms with E-state index in [4.69, 9.17) is 0 Å². The Labute approximate surface area is 182 Å². The van der Waals surface area contributed by atoms with Crippen LogP contribution in [0.5, 0.6) is 0 Å². The largest absolute Gasteiger partial charge is 0.511 e. The maximum atomic E-state index is 13.3. The molecule has 2 aliphatic carbocycles. The van der Waals surface area contributed by atoms with Gasteiger partial charge in [-0.25, -0.2) is 0 Å². The summed E-state index contributed by atoms with van der Waals surface area (Å²) >= 11 is 0. The Kier molecular flexibility index (Phi) is 6.36. The summed E-state index contributed by atoms with van der Waals surface area (Å²) in [4.78, 5) is 27.9. The van der Waals surface area contributed by atoms with Gasteiger partial charge in [-0.3, -0.25) is 9.59 Å². The minimum atomic E-state index is -0.490. The predicted molar refractivity (Wildman–Crippen MR) is 121 cm³/mol. The molecule has 1 aliphatic heterocycles. The molecule has 0 aromatic carbocycles. The summed E-state index contributed by atoms with van der Waals surface area (Å²) in [6.45, 7) is 14.8. The highest BCUT2D eigenvalue weighted by Crippen LogP contribution is 2.53. The van der Waals surface area contributed by atoms with Crippen molar-refractivity contribution >= 4 is 11.7 Å². The Morgan fingerprint density at radius 1 is 1.23 bits per heavy atom. The van der Waals surface area contributed by atoms with Crippen molar-refractivity contribution < 1.29 is 14.7 Å². The maximum Gasteiger partial charge on any atom is 0.261 e. The molecule has 7 unspecified atom stereocenters. The summed E-state index contributed by atoms with van der Waals surface area (Å²) in [6, 6.07) is -0.490. The fourth-order valence-electron chi connectivity index (χ4n) is 6.72. The molecule has 0 aromatic rings. The number of aliphatic hydroxyl groups is 1. The summed E-state index contributed by atoms with van der Waals surface area (Å²) in [6.07, 6.45) is 6.73. The Morgan fingerprint density at radius 2 is 1.87 bits per heavy atom. The number of allylic oxidation sites excluding steroid dienone is 5. The van der Waals surface area contributed by atoms with Crippen molar-refractivity contribution in [3.63, 3.8) is 0 Å². The lowest BCUT2D eigenvalue weighted by Gasteiger charge is -2.49. The number of aliphatic hydroxyl groups excluding tert-OH is 1. The minimum Gasteiger partial charge on any atom is -0.511 e. The molecule has 3 rings (SSSR count). The van der Waals surface area contributed by atoms with Crippen LogP contribution in [0.3, 0.4) is 0 Å². The molecular formula is C26H39NO3. The van der Waals surface area contributed by atoms with E-state index in [9.17, 15) is 14.7 Å². The van der Waals surface area contributed by atoms with Crippen molar-refractivity contribution in [1.82, 2.24) is 4.90 Å². The van der Waals surface area contributed by atoms with E-state index in [1.54, 1.807) is 7.05 Å². The number of amides is 1. The predicted octanol–water partition coefficient (Wildman–Crippen LogP) is 5.32. The molecule has 1 heterocycles. The lowest BCUT2D eigenvalue weighted by atomic mass is 9.55. The third-order valence-electron chi connectivity index (χ3n) is 7.96. The first kappa shape index (κ1) is 22.8. The fraction of sp³-hybridized carbons (Fsp3) is 0.692. The molecular weight excluding hydrogens is 374 g/mol. The smallest absolute Gasteiger partial charge is 0.261 e. The monoisotopic (exact) mass is 413 g/mol. The average molecular weight is 414 g/mol. The van der Waals surface area contributed by atoms with E-state index in [0.29, 0.717) is 17.8 Å². The van der Waals surface area contributed by atoms with Crippen LogP contribution in [0.25, 0.3) is 0 Å². The first-order chi connectivity index (χ1) is 14.0. The van der Waals surface area contributed by atoms with Crippen LogP contribution < -0.4 is 0 Å². The van der Waals surface area contributed by atoms with Crippen molar-refractivity contribution in [3.8, 4) is 0 Å². The number of hydrogen-bond acceptors (Lipinski definition) is 3. The quantitative estimate of drug-likeness (QED) is 0.295. The zero-order valence-electron chi connectivity index (χ0n) is 19.9. The van der Waals surface area contributed by atoms with Crippen LogP contribution in [-0.4, -0.2) is 34.8 Å². The van der Waals surface area contributed by atoms with Gasteiger partial charge in [-0.15, -0.1) is 0 Å². The first-order valence-electron chi connectivity index (χ1n) is 11.6. The van der Waals surface area contributed by atoms with E-state index in [1.807, 2.05) is 20.8 Å². The molecule has 2 fully saturated rings. The lowest BCUT2D eigenvalue weighted by Crippen LogP contribution is -2.43. The van der Waals surface area contributed by atoms with Gasteiger partial charge in [-0.1, -0.05) is 51.0 Å². The minimum absolute atomic E-state index is 0.0139. The molecule has 1 amide bonds. The van der Waals surface area contributed by atoms with Crippen molar-refractivity contribution in [1.29, 1.82) is 0 Å². The number of fused-ring (bicyclic) bond motifs is 1. The number of nitrogens with zero attached hydrogens (tertiary/aromatic N) is 1. The van der Waals surface area contributed by atoms with Crippen LogP contribution in [0.15, 0.2) is 34.6 Å². The molecule has 4 heteroatoms. The summed E-state index contributed by atoms with van der Waals surface area (Å²) in [5.74, 6) is 1.00. The van der Waals surface area contributed by atoms with Crippen molar-refractivity contribution in [2.24, 2.45) is 41.4 Å². The second-order valence-corrected chi connectivity index (χ2v) is 10.5. The third kappa shape index (κ3) is 3.56. The Balaban J connectivity index is 2.18. The summed E-state index contributed by atoms with van der Waals surface area (Å²) in [5.41, 5.74) is 2.48. The summed E-state index contributed by atoms with van der Waals surface area (Å²) in [5, 5.41) is 11.6. The standard InChI is InChI=1S/C26H39NO3/c1-9-15(5)19-17(7)12-18-11-14(4)10-16(6)20(18)21(19)24(28)22-25(29)23(13(2)3)27(8)26(22)30/h9,12-14,16,18-21,23,28H,10-11H2,1-8H3/b15-9+,24-22-. The van der Waals surface area contributed by atoms with Crippen molar-refractivity contribution in [2.45, 2.75) is 67.3 Å². The molecule has 30 heavy (non-hydrogen) atoms. The normalized spacial score (nSPS) is 39.4. The average Bonchev–Trinajstić information content (AvgIpc) is 2.87. The van der Waals surface area contributed by atoms with Gasteiger partial charge in [0.05, 0.1) is 6.04 Å². The maximum absolute atomic E-state index is 13.3. The van der Waals surface area contributed by atoms with E-state index in [-0.39, 0.29) is 46.7 Å². The fourth-order valence-corrected chi connectivity index (χ4v) is 6.72. The van der Waals surface area contributed by atoms with Gasteiger partial charge in [-0.05, 0) is 63.2 Å². The van der Waals surface area contributed by atoms with Crippen LogP contribution >= 0.6 is 0 Å². The second kappa shape index (κ2) is 8.36. The van der Waals surface area contributed by atoms with Gasteiger partial charge >= 0.3 is 0 Å². The second-order valence-electron chi connectivity index (χ2n) is 10.5. The van der Waals surface area contributed by atoms with Gasteiger partial charge in [-0.2, -0.15) is 0 Å². The van der Waals surface area contributed by atoms with Crippen molar-refractivity contribution in [3.05, 3.63) is 34.6 Å². The number of hydrogen-bond donors (Lipinski definition) is 1. The molecule has 1 saturated carbocycles. The summed E-state index contributed by atoms with van der Waals surface area (Å²) < 4.78 is 0. The van der Waals surface area contributed by atoms with Crippen LogP contribution in [0.2, 0.25) is 0 Å². The molecule has 0 spiro atoms. The number of Topliss-reactive ketones (excluding diaryl/α,β-unsaturated/α-hetero) is 1. The number of carbonyl (C=O) groups excluding carboxylic acids is 2. The van der Waals surface area contributed by atoms with Crippen LogP contribution in [-0.2, 0) is 9.59 Å². The zero-order valence-corrected chi connectivity index (χ0v) is 19.9. The Hall–Kier alpha value is -1.84. The molecule has 3 aliphatic rings. The Bertz CT molecular complexity index is 818. The van der Waals surface area contributed by atoms with Gasteiger partial charge in [0.2, 0.25) is 0 Å². The van der Waals surface area contributed by atoms with E-state index in [2.05, 4.69) is 39.8 Å². The molecule has 4 nitrogen and oxygen atoms in total.